The van der Waals surface area contributed by atoms with Crippen LogP contribution in [0.4, 0.5) is 0 Å². The molecule has 0 aliphatic rings. The van der Waals surface area contributed by atoms with Crippen LogP contribution >= 0.6 is 24.0 Å². The van der Waals surface area contributed by atoms with Crippen molar-refractivity contribution in [1.82, 2.24) is 20.0 Å². The van der Waals surface area contributed by atoms with Crippen LogP contribution in [0.5, 0.6) is 0 Å². The summed E-state index contributed by atoms with van der Waals surface area (Å²) in [6.07, 6.45) is 2.55. The first-order chi connectivity index (χ1) is 14.2. The molecular formula is C22H36IN5O2S. The Kier molecular flexibility index (Phi) is 11.5. The predicted octanol–water partition coefficient (Wildman–Crippen LogP) is 3.56. The van der Waals surface area contributed by atoms with Gasteiger partial charge in [-0.05, 0) is 24.8 Å². The van der Waals surface area contributed by atoms with Gasteiger partial charge in [0.25, 0.3) is 0 Å². The van der Waals surface area contributed by atoms with E-state index in [0.29, 0.717) is 25.4 Å². The van der Waals surface area contributed by atoms with E-state index in [9.17, 15) is 8.42 Å². The van der Waals surface area contributed by atoms with Crippen LogP contribution in [0.1, 0.15) is 49.9 Å². The van der Waals surface area contributed by atoms with Gasteiger partial charge in [-0.3, -0.25) is 9.67 Å². The van der Waals surface area contributed by atoms with Crippen molar-refractivity contribution in [3.8, 4) is 0 Å². The zero-order valence-corrected chi connectivity index (χ0v) is 22.4. The van der Waals surface area contributed by atoms with Gasteiger partial charge in [0.05, 0.1) is 17.2 Å². The molecule has 9 heteroatoms. The highest BCUT2D eigenvalue weighted by atomic mass is 127. The molecule has 174 valence electrons. The molecule has 31 heavy (non-hydrogen) atoms. The molecule has 0 aliphatic carbocycles. The summed E-state index contributed by atoms with van der Waals surface area (Å²) in [7, 11) is 0.786. The van der Waals surface area contributed by atoms with Crippen LogP contribution in [-0.2, 0) is 29.2 Å². The molecule has 0 spiro atoms. The second-order valence-electron chi connectivity index (χ2n) is 7.89. The molecule has 0 unspecified atom stereocenters. The Labute approximate surface area is 204 Å². The number of sulfone groups is 1. The summed E-state index contributed by atoms with van der Waals surface area (Å²) in [5, 5.41) is 7.86. The number of aryl methyl sites for hydroxylation is 1. The summed E-state index contributed by atoms with van der Waals surface area (Å²) < 4.78 is 26.6. The molecule has 0 radical (unpaired) electrons. The van der Waals surface area contributed by atoms with Crippen molar-refractivity contribution < 1.29 is 8.42 Å². The van der Waals surface area contributed by atoms with E-state index in [2.05, 4.69) is 34.2 Å². The fraction of sp³-hybridized carbons (Fsp3) is 0.545. The van der Waals surface area contributed by atoms with Crippen molar-refractivity contribution >= 4 is 39.8 Å². The number of hydrogen-bond donors (Lipinski definition) is 1. The Bertz CT molecular complexity index is 927. The van der Waals surface area contributed by atoms with E-state index in [1.54, 1.807) is 0 Å². The average Bonchev–Trinajstić information content (AvgIpc) is 3.05. The molecule has 0 amide bonds. The lowest BCUT2D eigenvalue weighted by atomic mass is 10.1. The Hall–Kier alpha value is -1.62. The number of nitrogens with zero attached hydrogens (tertiary/aromatic N) is 4. The molecular weight excluding hydrogens is 525 g/mol. The lowest BCUT2D eigenvalue weighted by molar-refractivity contribution is 0.473. The highest BCUT2D eigenvalue weighted by Gasteiger charge is 2.15. The standard InChI is InChI=1S/C22H35N5O2S.HI/c1-6-23-22(26(4)15-20-16-27(5)25-21(20)18(2)3)24-13-10-14-30(28,29)17-19-11-8-7-9-12-19;/h7-9,11-12,16,18H,6,10,13-15,17H2,1-5H3,(H,23,24);1H. The summed E-state index contributed by atoms with van der Waals surface area (Å²) in [5.74, 6) is 1.34. The molecule has 0 aliphatic heterocycles. The smallest absolute Gasteiger partial charge is 0.193 e. The third-order valence-corrected chi connectivity index (χ3v) is 6.38. The fourth-order valence-electron chi connectivity index (χ4n) is 3.33. The lowest BCUT2D eigenvalue weighted by Crippen LogP contribution is -2.38. The number of guanidine groups is 1. The van der Waals surface area contributed by atoms with Gasteiger partial charge in [-0.1, -0.05) is 44.2 Å². The average molecular weight is 562 g/mol. The Morgan fingerprint density at radius 1 is 1.26 bits per heavy atom. The fourth-order valence-corrected chi connectivity index (χ4v) is 4.75. The maximum Gasteiger partial charge on any atom is 0.193 e. The molecule has 1 aromatic heterocycles. The third kappa shape index (κ3) is 9.18. The minimum Gasteiger partial charge on any atom is -0.357 e. The largest absolute Gasteiger partial charge is 0.357 e. The van der Waals surface area contributed by atoms with Gasteiger partial charge in [-0.25, -0.2) is 8.42 Å². The number of benzene rings is 1. The minimum atomic E-state index is -3.14. The number of aromatic nitrogens is 2. The highest BCUT2D eigenvalue weighted by molar-refractivity contribution is 14.0. The molecule has 2 aromatic rings. The van der Waals surface area contributed by atoms with Gasteiger partial charge in [0.1, 0.15) is 0 Å². The van der Waals surface area contributed by atoms with Crippen molar-refractivity contribution in [3.05, 3.63) is 53.3 Å². The maximum atomic E-state index is 12.4. The maximum absolute atomic E-state index is 12.4. The van der Waals surface area contributed by atoms with E-state index in [1.165, 1.54) is 5.56 Å². The van der Waals surface area contributed by atoms with E-state index in [0.717, 1.165) is 23.8 Å². The molecule has 1 heterocycles. The van der Waals surface area contributed by atoms with E-state index in [-0.39, 0.29) is 35.5 Å². The van der Waals surface area contributed by atoms with Crippen LogP contribution in [0, 0.1) is 0 Å². The zero-order chi connectivity index (χ0) is 22.1. The second-order valence-corrected chi connectivity index (χ2v) is 10.1. The van der Waals surface area contributed by atoms with Gasteiger partial charge in [-0.15, -0.1) is 24.0 Å². The molecule has 0 fully saturated rings. The highest BCUT2D eigenvalue weighted by Crippen LogP contribution is 2.18. The number of halogens is 1. The lowest BCUT2D eigenvalue weighted by Gasteiger charge is -2.22. The Morgan fingerprint density at radius 2 is 1.94 bits per heavy atom. The van der Waals surface area contributed by atoms with Crippen LogP contribution in [0.3, 0.4) is 0 Å². The third-order valence-electron chi connectivity index (χ3n) is 4.69. The summed E-state index contributed by atoms with van der Waals surface area (Å²) >= 11 is 0. The van der Waals surface area contributed by atoms with Crippen LogP contribution in [0.25, 0.3) is 0 Å². The second kappa shape index (κ2) is 13.0. The first kappa shape index (κ1) is 27.4. The Morgan fingerprint density at radius 3 is 2.55 bits per heavy atom. The van der Waals surface area contributed by atoms with Gasteiger partial charge in [0, 0.05) is 45.5 Å². The van der Waals surface area contributed by atoms with Crippen LogP contribution < -0.4 is 5.32 Å². The minimum absolute atomic E-state index is 0. The molecule has 0 bridgehead atoms. The van der Waals surface area contributed by atoms with Crippen molar-refractivity contribution in [2.45, 2.75) is 45.4 Å². The van der Waals surface area contributed by atoms with Crippen molar-refractivity contribution in [3.63, 3.8) is 0 Å². The summed E-state index contributed by atoms with van der Waals surface area (Å²) in [4.78, 5) is 6.70. The number of hydrogen-bond acceptors (Lipinski definition) is 4. The molecule has 1 N–H and O–H groups in total. The monoisotopic (exact) mass is 561 g/mol. The summed E-state index contributed by atoms with van der Waals surface area (Å²) in [6, 6.07) is 9.30. The van der Waals surface area contributed by atoms with Gasteiger partial charge in [-0.2, -0.15) is 5.10 Å². The van der Waals surface area contributed by atoms with Gasteiger partial charge < -0.3 is 10.2 Å². The summed E-state index contributed by atoms with van der Waals surface area (Å²) in [6.45, 7) is 8.21. The van der Waals surface area contributed by atoms with Crippen molar-refractivity contribution in [2.24, 2.45) is 12.0 Å². The molecule has 0 saturated heterocycles. The number of aliphatic imine (C=N–C) groups is 1. The molecule has 0 atom stereocenters. The van der Waals surface area contributed by atoms with E-state index < -0.39 is 9.84 Å². The molecule has 0 saturated carbocycles. The van der Waals surface area contributed by atoms with Gasteiger partial charge in [0.15, 0.2) is 15.8 Å². The Balaban J connectivity index is 0.00000480. The number of rotatable bonds is 10. The van der Waals surface area contributed by atoms with Crippen molar-refractivity contribution in [1.29, 1.82) is 0 Å². The SMILES string of the molecule is CCNC(=NCCCS(=O)(=O)Cc1ccccc1)N(C)Cc1cn(C)nc1C(C)C.I. The molecule has 2 rings (SSSR count). The quantitative estimate of drug-likeness (QED) is 0.208. The number of nitrogens with one attached hydrogen (secondary N) is 1. The van der Waals surface area contributed by atoms with E-state index in [1.807, 2.05) is 62.2 Å². The van der Waals surface area contributed by atoms with E-state index in [4.69, 9.17) is 0 Å². The van der Waals surface area contributed by atoms with Gasteiger partial charge >= 0.3 is 0 Å². The zero-order valence-electron chi connectivity index (χ0n) is 19.2. The molecule has 1 aromatic carbocycles. The summed E-state index contributed by atoms with van der Waals surface area (Å²) in [5.41, 5.74) is 3.09. The van der Waals surface area contributed by atoms with Crippen molar-refractivity contribution in [2.75, 3.05) is 25.9 Å². The van der Waals surface area contributed by atoms with Crippen LogP contribution in [-0.4, -0.2) is 54.9 Å². The first-order valence-electron chi connectivity index (χ1n) is 10.5. The predicted molar refractivity (Wildman–Crippen MR) is 139 cm³/mol. The first-order valence-corrected chi connectivity index (χ1v) is 12.3. The van der Waals surface area contributed by atoms with Crippen LogP contribution in [0.15, 0.2) is 41.5 Å². The van der Waals surface area contributed by atoms with E-state index >= 15 is 0 Å². The van der Waals surface area contributed by atoms with Gasteiger partial charge in [0.2, 0.25) is 0 Å². The van der Waals surface area contributed by atoms with Crippen LogP contribution in [0.2, 0.25) is 0 Å². The normalized spacial score (nSPS) is 12.0. The molecule has 7 nitrogen and oxygen atoms in total. The topological polar surface area (TPSA) is 79.6 Å².